The van der Waals surface area contributed by atoms with Crippen molar-refractivity contribution in [1.82, 2.24) is 15.2 Å². The van der Waals surface area contributed by atoms with Crippen molar-refractivity contribution in [1.29, 1.82) is 0 Å². The Morgan fingerprint density at radius 1 is 1.47 bits per heavy atom. The van der Waals surface area contributed by atoms with Crippen LogP contribution in [0.25, 0.3) is 0 Å². The molecule has 2 N–H and O–H groups in total. The van der Waals surface area contributed by atoms with E-state index in [4.69, 9.17) is 0 Å². The predicted octanol–water partition coefficient (Wildman–Crippen LogP) is 1.27. The summed E-state index contributed by atoms with van der Waals surface area (Å²) in [5.41, 5.74) is 0.720. The number of carbonyl (C=O) groups is 1. The molecule has 1 aromatic rings. The first-order valence-corrected chi connectivity index (χ1v) is 6.42. The normalized spacial score (nSPS) is 17.5. The molecule has 0 bridgehead atoms. The van der Waals surface area contributed by atoms with Crippen molar-refractivity contribution >= 4 is 5.78 Å². The van der Waals surface area contributed by atoms with Crippen LogP contribution in [0.5, 0.6) is 0 Å². The van der Waals surface area contributed by atoms with Gasteiger partial charge < -0.3 is 10.3 Å². The maximum Gasteiger partial charge on any atom is 0.192 e. The molecule has 0 radical (unpaired) electrons. The van der Waals surface area contributed by atoms with Gasteiger partial charge in [-0.15, -0.1) is 0 Å². The number of likely N-dealkylation sites (N-methyl/N-ethyl adjacent to an activating group) is 1. The summed E-state index contributed by atoms with van der Waals surface area (Å²) in [5.74, 6) is 0.190. The molecule has 1 saturated heterocycles. The number of piperidine rings is 1. The minimum Gasteiger partial charge on any atom is -0.359 e. The Balaban J connectivity index is 1.92. The summed E-state index contributed by atoms with van der Waals surface area (Å²) in [7, 11) is 0. The van der Waals surface area contributed by atoms with Crippen LogP contribution in [-0.4, -0.2) is 47.9 Å². The number of nitrogens with zero attached hydrogens (tertiary/aromatic N) is 1. The van der Waals surface area contributed by atoms with E-state index >= 15 is 0 Å². The van der Waals surface area contributed by atoms with Gasteiger partial charge in [0.1, 0.15) is 0 Å². The molecule has 2 heterocycles. The largest absolute Gasteiger partial charge is 0.359 e. The minimum atomic E-state index is 0.190. The van der Waals surface area contributed by atoms with Crippen molar-refractivity contribution in [2.75, 3.05) is 26.2 Å². The molecule has 0 amide bonds. The van der Waals surface area contributed by atoms with E-state index in [2.05, 4.69) is 22.1 Å². The number of hydrogen-bond acceptors (Lipinski definition) is 3. The molecule has 2 rings (SSSR count). The summed E-state index contributed by atoms with van der Waals surface area (Å²) in [6, 6.07) is 4.27. The van der Waals surface area contributed by atoms with Gasteiger partial charge in [-0.25, -0.2) is 0 Å². The van der Waals surface area contributed by atoms with Crippen LogP contribution >= 0.6 is 0 Å². The fraction of sp³-hybridized carbons (Fsp3) is 0.615. The predicted molar refractivity (Wildman–Crippen MR) is 68.3 cm³/mol. The van der Waals surface area contributed by atoms with Crippen molar-refractivity contribution < 1.29 is 4.79 Å². The third-order valence-corrected chi connectivity index (χ3v) is 3.48. The van der Waals surface area contributed by atoms with Crippen LogP contribution in [0.3, 0.4) is 0 Å². The first-order chi connectivity index (χ1) is 8.31. The molecule has 1 aliphatic rings. The Morgan fingerprint density at radius 2 is 2.24 bits per heavy atom. The summed E-state index contributed by atoms with van der Waals surface area (Å²) < 4.78 is 0. The highest BCUT2D eigenvalue weighted by Crippen LogP contribution is 2.12. The highest BCUT2D eigenvalue weighted by atomic mass is 16.1. The summed E-state index contributed by atoms with van der Waals surface area (Å²) >= 11 is 0. The molecule has 4 nitrogen and oxygen atoms in total. The molecule has 0 aromatic carbocycles. The van der Waals surface area contributed by atoms with Crippen LogP contribution in [0, 0.1) is 0 Å². The molecule has 1 fully saturated rings. The molecule has 1 aromatic heterocycles. The zero-order valence-electron chi connectivity index (χ0n) is 10.4. The third kappa shape index (κ3) is 3.17. The van der Waals surface area contributed by atoms with Crippen molar-refractivity contribution in [2.45, 2.75) is 25.8 Å². The second-order valence-corrected chi connectivity index (χ2v) is 4.55. The van der Waals surface area contributed by atoms with Gasteiger partial charge in [0.25, 0.3) is 0 Å². The molecule has 94 valence electrons. The smallest absolute Gasteiger partial charge is 0.192 e. The summed E-state index contributed by atoms with van der Waals surface area (Å²) in [4.78, 5) is 17.3. The number of H-pyrrole nitrogens is 1. The van der Waals surface area contributed by atoms with E-state index < -0.39 is 0 Å². The zero-order valence-corrected chi connectivity index (χ0v) is 10.4. The molecule has 0 unspecified atom stereocenters. The molecule has 0 atom stereocenters. The molecule has 4 heteroatoms. The van der Waals surface area contributed by atoms with Crippen LogP contribution in [0.1, 0.15) is 30.3 Å². The minimum absolute atomic E-state index is 0.190. The average molecular weight is 235 g/mol. The first kappa shape index (κ1) is 12.3. The van der Waals surface area contributed by atoms with Gasteiger partial charge in [0.15, 0.2) is 5.78 Å². The molecule has 17 heavy (non-hydrogen) atoms. The van der Waals surface area contributed by atoms with Gasteiger partial charge in [-0.1, -0.05) is 6.92 Å². The standard InChI is InChI=1S/C13H21N3O/c1-2-16(11-5-8-14-9-6-11)10-13(17)12-4-3-7-15-12/h3-4,7,11,14-15H,2,5-6,8-10H2,1H3. The first-order valence-electron chi connectivity index (χ1n) is 6.42. The van der Waals surface area contributed by atoms with Gasteiger partial charge in [0.2, 0.25) is 0 Å². The lowest BCUT2D eigenvalue weighted by Gasteiger charge is -2.33. The molecular weight excluding hydrogens is 214 g/mol. The number of aromatic amines is 1. The number of carbonyl (C=O) groups excluding carboxylic acids is 1. The summed E-state index contributed by atoms with van der Waals surface area (Å²) in [6.07, 6.45) is 4.09. The maximum atomic E-state index is 12.0. The second kappa shape index (κ2) is 5.98. The van der Waals surface area contributed by atoms with Crippen LogP contribution in [0.15, 0.2) is 18.3 Å². The lowest BCUT2D eigenvalue weighted by Crippen LogP contribution is -2.45. The topological polar surface area (TPSA) is 48.1 Å². The maximum absolute atomic E-state index is 12.0. The number of rotatable bonds is 5. The van der Waals surface area contributed by atoms with Crippen LogP contribution < -0.4 is 5.32 Å². The molecule has 1 aliphatic heterocycles. The monoisotopic (exact) mass is 235 g/mol. The van der Waals surface area contributed by atoms with Gasteiger partial charge in [-0.3, -0.25) is 9.69 Å². The van der Waals surface area contributed by atoms with Gasteiger partial charge >= 0.3 is 0 Å². The van der Waals surface area contributed by atoms with Crippen molar-refractivity contribution in [3.05, 3.63) is 24.0 Å². The fourth-order valence-corrected chi connectivity index (χ4v) is 2.44. The van der Waals surface area contributed by atoms with Crippen LogP contribution in [-0.2, 0) is 0 Å². The highest BCUT2D eigenvalue weighted by molar-refractivity contribution is 5.95. The van der Waals surface area contributed by atoms with Gasteiger partial charge in [0, 0.05) is 12.2 Å². The van der Waals surface area contributed by atoms with E-state index in [0.717, 1.165) is 38.2 Å². The Morgan fingerprint density at radius 3 is 2.82 bits per heavy atom. The van der Waals surface area contributed by atoms with Gasteiger partial charge in [-0.05, 0) is 44.6 Å². The lowest BCUT2D eigenvalue weighted by atomic mass is 10.0. The van der Waals surface area contributed by atoms with E-state index in [1.165, 1.54) is 0 Å². The van der Waals surface area contributed by atoms with Crippen LogP contribution in [0.2, 0.25) is 0 Å². The van der Waals surface area contributed by atoms with E-state index in [9.17, 15) is 4.79 Å². The van der Waals surface area contributed by atoms with Gasteiger partial charge in [0.05, 0.1) is 12.2 Å². The van der Waals surface area contributed by atoms with Crippen molar-refractivity contribution in [2.24, 2.45) is 0 Å². The molecule has 0 spiro atoms. The quantitative estimate of drug-likeness (QED) is 0.756. The average Bonchev–Trinajstić information content (AvgIpc) is 2.90. The van der Waals surface area contributed by atoms with Crippen molar-refractivity contribution in [3.8, 4) is 0 Å². The number of nitrogens with one attached hydrogen (secondary N) is 2. The van der Waals surface area contributed by atoms with E-state index in [-0.39, 0.29) is 5.78 Å². The SMILES string of the molecule is CCN(CC(=O)c1ccc[nH]1)C1CCNCC1. The summed E-state index contributed by atoms with van der Waals surface area (Å²) in [6.45, 7) is 5.73. The van der Waals surface area contributed by atoms with Crippen LogP contribution in [0.4, 0.5) is 0 Å². The molecule has 0 saturated carbocycles. The number of aromatic nitrogens is 1. The second-order valence-electron chi connectivity index (χ2n) is 4.55. The van der Waals surface area contributed by atoms with E-state index in [1.54, 1.807) is 6.20 Å². The van der Waals surface area contributed by atoms with E-state index in [0.29, 0.717) is 12.6 Å². The molecule has 0 aliphatic carbocycles. The Kier molecular flexibility index (Phi) is 4.34. The van der Waals surface area contributed by atoms with Gasteiger partial charge in [-0.2, -0.15) is 0 Å². The Bertz CT molecular complexity index is 342. The third-order valence-electron chi connectivity index (χ3n) is 3.48. The van der Waals surface area contributed by atoms with E-state index in [1.807, 2.05) is 12.1 Å². The Labute approximate surface area is 102 Å². The molecular formula is C13H21N3O. The number of ketones is 1. The Hall–Kier alpha value is -1.13. The number of hydrogen-bond donors (Lipinski definition) is 2. The lowest BCUT2D eigenvalue weighted by molar-refractivity contribution is 0.0870. The fourth-order valence-electron chi connectivity index (χ4n) is 2.44. The highest BCUT2D eigenvalue weighted by Gasteiger charge is 2.22. The summed E-state index contributed by atoms with van der Waals surface area (Å²) in [5, 5.41) is 3.36. The van der Waals surface area contributed by atoms with Crippen molar-refractivity contribution in [3.63, 3.8) is 0 Å². The zero-order chi connectivity index (χ0) is 12.1. The number of Topliss-reactive ketones (excluding diaryl/α,β-unsaturated/α-hetero) is 1.